The Morgan fingerprint density at radius 2 is 1.95 bits per heavy atom. The molecule has 2 amide bonds. The van der Waals surface area contributed by atoms with Gasteiger partial charge >= 0.3 is 0 Å². The monoisotopic (exact) mass is 308 g/mol. The van der Waals surface area contributed by atoms with Crippen molar-refractivity contribution in [2.24, 2.45) is 0 Å². The lowest BCUT2D eigenvalue weighted by Crippen LogP contribution is -2.37. The highest BCUT2D eigenvalue weighted by Crippen LogP contribution is 2.10. The second-order valence-corrected chi connectivity index (χ2v) is 5.55. The molecule has 114 valence electrons. The van der Waals surface area contributed by atoms with Gasteiger partial charge in [-0.2, -0.15) is 0 Å². The molecule has 1 aromatic rings. The maximum atomic E-state index is 12.0. The van der Waals surface area contributed by atoms with Crippen LogP contribution in [0.4, 0.5) is 0 Å². The van der Waals surface area contributed by atoms with E-state index in [1.165, 1.54) is 6.42 Å². The molecule has 0 aliphatic carbocycles. The van der Waals surface area contributed by atoms with Gasteiger partial charge in [0.05, 0.1) is 0 Å². The van der Waals surface area contributed by atoms with Crippen LogP contribution >= 0.6 is 11.6 Å². The van der Waals surface area contributed by atoms with Crippen LogP contribution in [-0.2, 0) is 10.7 Å². The van der Waals surface area contributed by atoms with Gasteiger partial charge in [0.25, 0.3) is 5.91 Å². The number of nitrogens with zero attached hydrogens (tertiary/aromatic N) is 1. The molecule has 1 fully saturated rings. The molecular formula is C16H21ClN2O2. The van der Waals surface area contributed by atoms with Crippen LogP contribution < -0.4 is 5.32 Å². The summed E-state index contributed by atoms with van der Waals surface area (Å²) in [6, 6.07) is 7.21. The first-order chi connectivity index (χ1) is 10.2. The van der Waals surface area contributed by atoms with Crippen LogP contribution in [0.5, 0.6) is 0 Å². The van der Waals surface area contributed by atoms with Crippen molar-refractivity contribution in [2.75, 3.05) is 19.6 Å². The van der Waals surface area contributed by atoms with Gasteiger partial charge in [-0.25, -0.2) is 0 Å². The molecule has 0 bridgehead atoms. The number of halogens is 1. The molecule has 1 aromatic carbocycles. The van der Waals surface area contributed by atoms with Crippen LogP contribution in [-0.4, -0.2) is 36.3 Å². The highest BCUT2D eigenvalue weighted by atomic mass is 35.5. The largest absolute Gasteiger partial charge is 0.352 e. The predicted octanol–water partition coefficient (Wildman–Crippen LogP) is 2.56. The second-order valence-electron chi connectivity index (χ2n) is 5.28. The van der Waals surface area contributed by atoms with Crippen LogP contribution in [0, 0.1) is 0 Å². The van der Waals surface area contributed by atoms with E-state index in [-0.39, 0.29) is 11.8 Å². The molecular weight excluding hydrogens is 288 g/mol. The number of rotatable bonds is 5. The Morgan fingerprint density at radius 1 is 1.19 bits per heavy atom. The van der Waals surface area contributed by atoms with Crippen molar-refractivity contribution in [1.82, 2.24) is 10.2 Å². The highest BCUT2D eigenvalue weighted by molar-refractivity contribution is 6.17. The molecule has 0 aromatic heterocycles. The van der Waals surface area contributed by atoms with Gasteiger partial charge in [0.15, 0.2) is 0 Å². The minimum atomic E-state index is -0.159. The number of amides is 2. The van der Waals surface area contributed by atoms with E-state index in [1.54, 1.807) is 12.1 Å². The third-order valence-electron chi connectivity index (χ3n) is 3.68. The fourth-order valence-corrected chi connectivity index (χ4v) is 2.65. The minimum absolute atomic E-state index is 0.129. The first kappa shape index (κ1) is 15.8. The third kappa shape index (κ3) is 4.74. The van der Waals surface area contributed by atoms with E-state index in [1.807, 2.05) is 17.0 Å². The first-order valence-electron chi connectivity index (χ1n) is 7.41. The Bertz CT molecular complexity index is 499. The summed E-state index contributed by atoms with van der Waals surface area (Å²) < 4.78 is 0. The van der Waals surface area contributed by atoms with Gasteiger partial charge in [-0.3, -0.25) is 9.59 Å². The number of carbonyl (C=O) groups excluding carboxylic acids is 2. The molecule has 0 spiro atoms. The van der Waals surface area contributed by atoms with Crippen molar-refractivity contribution in [3.8, 4) is 0 Å². The number of piperidine rings is 1. The van der Waals surface area contributed by atoms with Crippen LogP contribution in [0.1, 0.15) is 41.6 Å². The molecule has 21 heavy (non-hydrogen) atoms. The van der Waals surface area contributed by atoms with E-state index < -0.39 is 0 Å². The van der Waals surface area contributed by atoms with Crippen LogP contribution in [0.2, 0.25) is 0 Å². The second kappa shape index (κ2) is 8.03. The number of carbonyl (C=O) groups is 2. The summed E-state index contributed by atoms with van der Waals surface area (Å²) in [5, 5.41) is 2.79. The van der Waals surface area contributed by atoms with Gasteiger partial charge in [0, 0.05) is 37.5 Å². The van der Waals surface area contributed by atoms with Crippen LogP contribution in [0.3, 0.4) is 0 Å². The molecule has 1 saturated heterocycles. The van der Waals surface area contributed by atoms with Crippen molar-refractivity contribution in [1.29, 1.82) is 0 Å². The van der Waals surface area contributed by atoms with Crippen molar-refractivity contribution in [3.05, 3.63) is 35.4 Å². The number of benzene rings is 1. The lowest BCUT2D eigenvalue weighted by Gasteiger charge is -2.26. The first-order valence-corrected chi connectivity index (χ1v) is 7.95. The molecule has 5 heteroatoms. The maximum Gasteiger partial charge on any atom is 0.251 e. The summed E-state index contributed by atoms with van der Waals surface area (Å²) >= 11 is 5.75. The number of hydrogen-bond donors (Lipinski definition) is 1. The summed E-state index contributed by atoms with van der Waals surface area (Å²) in [7, 11) is 0. The smallest absolute Gasteiger partial charge is 0.251 e. The van der Waals surface area contributed by atoms with Gasteiger partial charge in [-0.1, -0.05) is 12.1 Å². The zero-order chi connectivity index (χ0) is 15.1. The fraction of sp³-hybridized carbons (Fsp3) is 0.500. The Labute approximate surface area is 130 Å². The minimum Gasteiger partial charge on any atom is -0.352 e. The van der Waals surface area contributed by atoms with Gasteiger partial charge in [-0.15, -0.1) is 11.6 Å². The fourth-order valence-electron chi connectivity index (χ4n) is 2.48. The molecule has 0 saturated carbocycles. The van der Waals surface area contributed by atoms with E-state index >= 15 is 0 Å². The van der Waals surface area contributed by atoms with Gasteiger partial charge in [0.2, 0.25) is 5.91 Å². The summed E-state index contributed by atoms with van der Waals surface area (Å²) in [6.45, 7) is 2.08. The topological polar surface area (TPSA) is 49.4 Å². The molecule has 1 aliphatic rings. The van der Waals surface area contributed by atoms with Crippen molar-refractivity contribution in [3.63, 3.8) is 0 Å². The van der Waals surface area contributed by atoms with Crippen molar-refractivity contribution < 1.29 is 9.59 Å². The SMILES string of the molecule is O=C(NCCC(=O)N1CCCCC1)c1cccc(CCl)c1. The van der Waals surface area contributed by atoms with Gasteiger partial charge in [-0.05, 0) is 37.0 Å². The summed E-state index contributed by atoms with van der Waals surface area (Å²) in [5.41, 5.74) is 1.49. The average Bonchev–Trinajstić information content (AvgIpc) is 2.55. The Kier molecular flexibility index (Phi) is 6.05. The van der Waals surface area contributed by atoms with Gasteiger partial charge in [0.1, 0.15) is 0 Å². The number of nitrogens with one attached hydrogen (secondary N) is 1. The molecule has 1 heterocycles. The number of alkyl halides is 1. The number of likely N-dealkylation sites (tertiary alicyclic amines) is 1. The Hall–Kier alpha value is -1.55. The quantitative estimate of drug-likeness (QED) is 0.850. The zero-order valence-corrected chi connectivity index (χ0v) is 12.9. The van der Waals surface area contributed by atoms with E-state index in [9.17, 15) is 9.59 Å². The summed E-state index contributed by atoms with van der Waals surface area (Å²) in [4.78, 5) is 25.9. The van der Waals surface area contributed by atoms with E-state index in [2.05, 4.69) is 5.32 Å². The maximum absolute atomic E-state index is 12.0. The lowest BCUT2D eigenvalue weighted by atomic mass is 10.1. The van der Waals surface area contributed by atoms with Crippen molar-refractivity contribution >= 4 is 23.4 Å². The van der Waals surface area contributed by atoms with Crippen LogP contribution in [0.15, 0.2) is 24.3 Å². The molecule has 0 atom stereocenters. The van der Waals surface area contributed by atoms with Crippen molar-refractivity contribution in [2.45, 2.75) is 31.6 Å². The third-order valence-corrected chi connectivity index (χ3v) is 3.99. The standard InChI is InChI=1S/C16H21ClN2O2/c17-12-13-5-4-6-14(11-13)16(21)18-8-7-15(20)19-9-2-1-3-10-19/h4-6,11H,1-3,7-10,12H2,(H,18,21). The molecule has 0 unspecified atom stereocenters. The molecule has 1 N–H and O–H groups in total. The Morgan fingerprint density at radius 3 is 2.67 bits per heavy atom. The Balaban J connectivity index is 1.77. The molecule has 1 aliphatic heterocycles. The highest BCUT2D eigenvalue weighted by Gasteiger charge is 2.16. The van der Waals surface area contributed by atoms with E-state index in [0.717, 1.165) is 31.5 Å². The summed E-state index contributed by atoms with van der Waals surface area (Å²) in [6.07, 6.45) is 3.74. The average molecular weight is 309 g/mol. The normalized spacial score (nSPS) is 14.8. The molecule has 2 rings (SSSR count). The molecule has 4 nitrogen and oxygen atoms in total. The summed E-state index contributed by atoms with van der Waals surface area (Å²) in [5.74, 6) is 0.354. The van der Waals surface area contributed by atoms with E-state index in [0.29, 0.717) is 24.4 Å². The molecule has 0 radical (unpaired) electrons. The lowest BCUT2D eigenvalue weighted by molar-refractivity contribution is -0.131. The van der Waals surface area contributed by atoms with E-state index in [4.69, 9.17) is 11.6 Å². The van der Waals surface area contributed by atoms with Gasteiger partial charge < -0.3 is 10.2 Å². The number of hydrogen-bond acceptors (Lipinski definition) is 2. The zero-order valence-electron chi connectivity index (χ0n) is 12.1. The van der Waals surface area contributed by atoms with Crippen LogP contribution in [0.25, 0.3) is 0 Å². The predicted molar refractivity (Wildman–Crippen MR) is 83.4 cm³/mol.